The number of benzene rings is 2. The summed E-state index contributed by atoms with van der Waals surface area (Å²) in [6, 6.07) is 14.4. The molecule has 1 atom stereocenters. The summed E-state index contributed by atoms with van der Waals surface area (Å²) in [4.78, 5) is 0. The normalized spacial score (nSPS) is 14.9. The molecule has 0 spiro atoms. The van der Waals surface area contributed by atoms with Crippen LogP contribution in [0.25, 0.3) is 10.8 Å². The minimum absolute atomic E-state index is 0.710. The van der Waals surface area contributed by atoms with Crippen LogP contribution < -0.4 is 0 Å². The molecule has 0 aliphatic carbocycles. The summed E-state index contributed by atoms with van der Waals surface area (Å²) >= 11 is 0. The van der Waals surface area contributed by atoms with Crippen molar-refractivity contribution in [3.63, 3.8) is 0 Å². The van der Waals surface area contributed by atoms with Crippen molar-refractivity contribution < 1.29 is 5.11 Å². The maximum absolute atomic E-state index is 10.3. The van der Waals surface area contributed by atoms with Crippen molar-refractivity contribution in [2.75, 3.05) is 0 Å². The monoisotopic (exact) mass is 214 g/mol. The Bertz CT molecular complexity index is 486. The van der Waals surface area contributed by atoms with Crippen molar-refractivity contribution >= 4 is 10.8 Å². The van der Waals surface area contributed by atoms with Crippen LogP contribution >= 0.6 is 0 Å². The van der Waals surface area contributed by atoms with Gasteiger partial charge in [-0.2, -0.15) is 0 Å². The summed E-state index contributed by atoms with van der Waals surface area (Å²) < 4.78 is 0. The lowest BCUT2D eigenvalue weighted by Crippen LogP contribution is -2.20. The van der Waals surface area contributed by atoms with E-state index in [-0.39, 0.29) is 0 Å². The third-order valence-electron chi connectivity index (χ3n) is 3.11. The molecule has 2 rings (SSSR count). The molecule has 1 nitrogen and oxygen atoms in total. The first-order chi connectivity index (χ1) is 7.63. The van der Waals surface area contributed by atoms with Gasteiger partial charge in [-0.1, -0.05) is 49.7 Å². The van der Waals surface area contributed by atoms with Crippen LogP contribution in [-0.2, 0) is 5.60 Å². The summed E-state index contributed by atoms with van der Waals surface area (Å²) in [5.41, 5.74) is 0.298. The topological polar surface area (TPSA) is 20.2 Å². The van der Waals surface area contributed by atoms with E-state index < -0.39 is 5.60 Å². The number of fused-ring (bicyclic) bond motifs is 1. The fourth-order valence-electron chi connectivity index (χ4n) is 2.16. The number of hydrogen-bond acceptors (Lipinski definition) is 1. The van der Waals surface area contributed by atoms with E-state index in [0.717, 1.165) is 18.4 Å². The quantitative estimate of drug-likeness (QED) is 0.822. The number of rotatable bonds is 3. The molecule has 0 saturated heterocycles. The lowest BCUT2D eigenvalue weighted by atomic mass is 9.90. The highest BCUT2D eigenvalue weighted by atomic mass is 16.3. The van der Waals surface area contributed by atoms with E-state index in [4.69, 9.17) is 0 Å². The van der Waals surface area contributed by atoms with Crippen LogP contribution in [0.4, 0.5) is 0 Å². The van der Waals surface area contributed by atoms with Gasteiger partial charge in [-0.25, -0.2) is 0 Å². The van der Waals surface area contributed by atoms with Crippen LogP contribution in [0.5, 0.6) is 0 Å². The molecule has 2 aromatic rings. The Balaban J connectivity index is 2.46. The molecule has 0 heterocycles. The van der Waals surface area contributed by atoms with E-state index in [1.807, 2.05) is 25.1 Å². The molecule has 84 valence electrons. The molecule has 0 aliphatic rings. The lowest BCUT2D eigenvalue weighted by molar-refractivity contribution is 0.0471. The zero-order valence-electron chi connectivity index (χ0n) is 9.90. The molecule has 1 N–H and O–H groups in total. The van der Waals surface area contributed by atoms with Crippen molar-refractivity contribution in [2.45, 2.75) is 32.3 Å². The Labute approximate surface area is 96.7 Å². The van der Waals surface area contributed by atoms with Gasteiger partial charge in [-0.05, 0) is 35.7 Å². The van der Waals surface area contributed by atoms with E-state index in [2.05, 4.69) is 31.2 Å². The van der Waals surface area contributed by atoms with Crippen molar-refractivity contribution in [2.24, 2.45) is 0 Å². The Morgan fingerprint density at radius 1 is 1.06 bits per heavy atom. The summed E-state index contributed by atoms with van der Waals surface area (Å²) in [6.07, 6.45) is 1.78. The minimum Gasteiger partial charge on any atom is -0.385 e. The smallest absolute Gasteiger partial charge is 0.0868 e. The van der Waals surface area contributed by atoms with E-state index in [9.17, 15) is 5.11 Å². The van der Waals surface area contributed by atoms with Gasteiger partial charge >= 0.3 is 0 Å². The predicted octanol–water partition coefficient (Wildman–Crippen LogP) is 3.85. The Kier molecular flexibility index (Phi) is 2.97. The molecule has 0 bridgehead atoms. The molecule has 0 aliphatic heterocycles. The van der Waals surface area contributed by atoms with Crippen LogP contribution in [0.1, 0.15) is 32.3 Å². The third kappa shape index (κ3) is 2.10. The second kappa shape index (κ2) is 4.26. The summed E-state index contributed by atoms with van der Waals surface area (Å²) in [5, 5.41) is 12.8. The van der Waals surface area contributed by atoms with Crippen LogP contribution in [0.3, 0.4) is 0 Å². The average Bonchev–Trinajstić information content (AvgIpc) is 2.28. The Hall–Kier alpha value is -1.34. The highest BCUT2D eigenvalue weighted by molar-refractivity contribution is 5.83. The zero-order chi connectivity index (χ0) is 11.6. The van der Waals surface area contributed by atoms with Crippen LogP contribution in [-0.4, -0.2) is 5.11 Å². The van der Waals surface area contributed by atoms with Gasteiger partial charge in [0.2, 0.25) is 0 Å². The van der Waals surface area contributed by atoms with E-state index in [1.54, 1.807) is 0 Å². The first-order valence-corrected chi connectivity index (χ1v) is 5.85. The second-order valence-electron chi connectivity index (χ2n) is 4.59. The number of aliphatic hydroxyl groups is 1. The number of hydrogen-bond donors (Lipinski definition) is 1. The summed E-state index contributed by atoms with van der Waals surface area (Å²) in [7, 11) is 0. The van der Waals surface area contributed by atoms with Crippen LogP contribution in [0, 0.1) is 0 Å². The van der Waals surface area contributed by atoms with Gasteiger partial charge in [0.05, 0.1) is 5.60 Å². The summed E-state index contributed by atoms with van der Waals surface area (Å²) in [6.45, 7) is 3.98. The van der Waals surface area contributed by atoms with E-state index in [1.165, 1.54) is 10.8 Å². The first-order valence-electron chi connectivity index (χ1n) is 5.85. The largest absolute Gasteiger partial charge is 0.385 e. The van der Waals surface area contributed by atoms with Crippen molar-refractivity contribution in [3.8, 4) is 0 Å². The fourth-order valence-corrected chi connectivity index (χ4v) is 2.16. The van der Waals surface area contributed by atoms with Gasteiger partial charge in [0.1, 0.15) is 0 Å². The van der Waals surface area contributed by atoms with Crippen molar-refractivity contribution in [3.05, 3.63) is 48.0 Å². The molecule has 2 aromatic carbocycles. The van der Waals surface area contributed by atoms with Gasteiger partial charge in [0, 0.05) is 0 Å². The molecule has 1 heteroatoms. The highest BCUT2D eigenvalue weighted by Crippen LogP contribution is 2.28. The SMILES string of the molecule is CCC[C@@](C)(O)c1ccc2ccccc2c1. The van der Waals surface area contributed by atoms with E-state index in [0.29, 0.717) is 0 Å². The van der Waals surface area contributed by atoms with Crippen LogP contribution in [0.2, 0.25) is 0 Å². The van der Waals surface area contributed by atoms with Gasteiger partial charge < -0.3 is 5.11 Å². The molecule has 0 amide bonds. The maximum Gasteiger partial charge on any atom is 0.0868 e. The van der Waals surface area contributed by atoms with Crippen LogP contribution in [0.15, 0.2) is 42.5 Å². The molecule has 0 fully saturated rings. The fraction of sp³-hybridized carbons (Fsp3) is 0.333. The molecule has 0 aromatic heterocycles. The summed E-state index contributed by atoms with van der Waals surface area (Å²) in [5.74, 6) is 0. The molecule has 0 saturated carbocycles. The zero-order valence-corrected chi connectivity index (χ0v) is 9.90. The lowest BCUT2D eigenvalue weighted by Gasteiger charge is -2.23. The Morgan fingerprint density at radius 3 is 2.44 bits per heavy atom. The van der Waals surface area contributed by atoms with Gasteiger partial charge in [-0.15, -0.1) is 0 Å². The highest BCUT2D eigenvalue weighted by Gasteiger charge is 2.21. The minimum atomic E-state index is -0.710. The van der Waals surface area contributed by atoms with Gasteiger partial charge in [0.15, 0.2) is 0 Å². The second-order valence-corrected chi connectivity index (χ2v) is 4.59. The molecule has 16 heavy (non-hydrogen) atoms. The Morgan fingerprint density at radius 2 is 1.75 bits per heavy atom. The third-order valence-corrected chi connectivity index (χ3v) is 3.11. The van der Waals surface area contributed by atoms with Gasteiger partial charge in [-0.3, -0.25) is 0 Å². The molecular weight excluding hydrogens is 196 g/mol. The average molecular weight is 214 g/mol. The van der Waals surface area contributed by atoms with E-state index >= 15 is 0 Å². The first kappa shape index (κ1) is 11.2. The standard InChI is InChI=1S/C15H18O/c1-3-10-15(2,16)14-9-8-12-6-4-5-7-13(12)11-14/h4-9,11,16H,3,10H2,1-2H3/t15-/m1/s1. The predicted molar refractivity (Wildman–Crippen MR) is 68.4 cm³/mol. The maximum atomic E-state index is 10.3. The van der Waals surface area contributed by atoms with Crippen molar-refractivity contribution in [1.29, 1.82) is 0 Å². The molecule has 0 unspecified atom stereocenters. The molecule has 0 radical (unpaired) electrons. The molecular formula is C15H18O. The van der Waals surface area contributed by atoms with Crippen molar-refractivity contribution in [1.82, 2.24) is 0 Å². The van der Waals surface area contributed by atoms with Gasteiger partial charge in [0.25, 0.3) is 0 Å².